The third-order valence-corrected chi connectivity index (χ3v) is 4.30. The molecule has 0 spiro atoms. The van der Waals surface area contributed by atoms with E-state index in [1.165, 1.54) is 6.92 Å². The van der Waals surface area contributed by atoms with Crippen molar-refractivity contribution in [3.05, 3.63) is 53.6 Å². The third-order valence-electron chi connectivity index (χ3n) is 4.09. The van der Waals surface area contributed by atoms with Crippen molar-refractivity contribution in [2.24, 2.45) is 5.92 Å². The van der Waals surface area contributed by atoms with Gasteiger partial charge >= 0.3 is 0 Å². The molecule has 0 fully saturated rings. The third kappa shape index (κ3) is 7.54. The Morgan fingerprint density at radius 2 is 1.86 bits per heavy atom. The van der Waals surface area contributed by atoms with E-state index in [-0.39, 0.29) is 16.9 Å². The summed E-state index contributed by atoms with van der Waals surface area (Å²) in [6, 6.07) is 12.4. The zero-order chi connectivity index (χ0) is 21.4. The first kappa shape index (κ1) is 22.4. The lowest BCUT2D eigenvalue weighted by Crippen LogP contribution is -2.34. The molecule has 154 valence electrons. The molecule has 0 atom stereocenters. The van der Waals surface area contributed by atoms with Gasteiger partial charge in [-0.1, -0.05) is 26.0 Å². The molecule has 0 aliphatic carbocycles. The molecular weight excluding hydrogens is 386 g/mol. The molecule has 0 heterocycles. The number of thiocarbonyl (C=S) groups is 1. The van der Waals surface area contributed by atoms with E-state index in [4.69, 9.17) is 17.0 Å². The van der Waals surface area contributed by atoms with E-state index >= 15 is 0 Å². The normalized spacial score (nSPS) is 10.4. The van der Waals surface area contributed by atoms with Crippen molar-refractivity contribution >= 4 is 40.5 Å². The second-order valence-electron chi connectivity index (χ2n) is 7.18. The Hall–Kier alpha value is -2.93. The Bertz CT molecular complexity index is 897. The molecule has 0 aromatic heterocycles. The van der Waals surface area contributed by atoms with Gasteiger partial charge in [0, 0.05) is 23.9 Å². The standard InChI is InChI=1S/C22H27N3O3S/c1-14(2)10-11-28-19-7-5-6-17(12-19)21(27)25-22(29)24-18-9-8-15(3)20(13-18)23-16(4)26/h5-9,12-14H,10-11H2,1-4H3,(H,23,26)(H2,24,25,27,29). The summed E-state index contributed by atoms with van der Waals surface area (Å²) in [5, 5.41) is 8.55. The van der Waals surface area contributed by atoms with Crippen LogP contribution in [0.5, 0.6) is 5.75 Å². The van der Waals surface area contributed by atoms with E-state index in [2.05, 4.69) is 29.8 Å². The number of amides is 2. The molecule has 3 N–H and O–H groups in total. The van der Waals surface area contributed by atoms with Crippen LogP contribution in [-0.4, -0.2) is 23.5 Å². The molecule has 0 bridgehead atoms. The van der Waals surface area contributed by atoms with Gasteiger partial charge in [0.2, 0.25) is 5.91 Å². The molecule has 0 aliphatic heterocycles. The first-order chi connectivity index (χ1) is 13.7. The lowest BCUT2D eigenvalue weighted by atomic mass is 10.1. The van der Waals surface area contributed by atoms with Crippen LogP contribution in [0, 0.1) is 12.8 Å². The number of carbonyl (C=O) groups excluding carboxylic acids is 2. The van der Waals surface area contributed by atoms with Crippen LogP contribution in [0.3, 0.4) is 0 Å². The predicted octanol–water partition coefficient (Wildman–Crippen LogP) is 4.51. The number of aryl methyl sites for hydroxylation is 1. The summed E-state index contributed by atoms with van der Waals surface area (Å²) in [5.74, 6) is 0.719. The molecule has 2 amide bonds. The summed E-state index contributed by atoms with van der Waals surface area (Å²) in [5.41, 5.74) is 2.73. The number of benzene rings is 2. The molecule has 0 radical (unpaired) electrons. The molecule has 0 saturated carbocycles. The van der Waals surface area contributed by atoms with Gasteiger partial charge in [0.25, 0.3) is 5.91 Å². The summed E-state index contributed by atoms with van der Waals surface area (Å²) < 4.78 is 5.70. The Morgan fingerprint density at radius 3 is 2.55 bits per heavy atom. The van der Waals surface area contributed by atoms with Crippen LogP contribution in [0.25, 0.3) is 0 Å². The van der Waals surface area contributed by atoms with Gasteiger partial charge in [0.1, 0.15) is 5.75 Å². The van der Waals surface area contributed by atoms with Crippen LogP contribution in [0.1, 0.15) is 43.1 Å². The first-order valence-electron chi connectivity index (χ1n) is 9.48. The van der Waals surface area contributed by atoms with Crippen LogP contribution in [-0.2, 0) is 4.79 Å². The summed E-state index contributed by atoms with van der Waals surface area (Å²) in [7, 11) is 0. The number of anilines is 2. The fourth-order valence-electron chi connectivity index (χ4n) is 2.50. The van der Waals surface area contributed by atoms with Gasteiger partial charge in [-0.2, -0.15) is 0 Å². The van der Waals surface area contributed by atoms with Crippen molar-refractivity contribution in [1.29, 1.82) is 0 Å². The van der Waals surface area contributed by atoms with E-state index in [0.717, 1.165) is 12.0 Å². The Labute approximate surface area is 177 Å². The van der Waals surface area contributed by atoms with Crippen molar-refractivity contribution in [2.45, 2.75) is 34.1 Å². The highest BCUT2D eigenvalue weighted by molar-refractivity contribution is 7.80. The smallest absolute Gasteiger partial charge is 0.257 e. The minimum absolute atomic E-state index is 0.156. The molecule has 0 aliphatic rings. The summed E-state index contributed by atoms with van der Waals surface area (Å²) in [4.78, 5) is 23.8. The monoisotopic (exact) mass is 413 g/mol. The second kappa shape index (κ2) is 10.6. The molecule has 0 unspecified atom stereocenters. The lowest BCUT2D eigenvalue weighted by Gasteiger charge is -2.13. The van der Waals surface area contributed by atoms with Gasteiger partial charge in [-0.05, 0) is 67.4 Å². The van der Waals surface area contributed by atoms with Crippen molar-refractivity contribution in [2.75, 3.05) is 17.2 Å². The van der Waals surface area contributed by atoms with Gasteiger partial charge in [0.05, 0.1) is 6.61 Å². The Morgan fingerprint density at radius 1 is 1.10 bits per heavy atom. The maximum atomic E-state index is 12.5. The van der Waals surface area contributed by atoms with Crippen molar-refractivity contribution in [3.8, 4) is 5.75 Å². The zero-order valence-electron chi connectivity index (χ0n) is 17.2. The number of rotatable bonds is 7. The number of ether oxygens (including phenoxy) is 1. The summed E-state index contributed by atoms with van der Waals surface area (Å²) >= 11 is 5.25. The highest BCUT2D eigenvalue weighted by atomic mass is 32.1. The maximum absolute atomic E-state index is 12.5. The molecular formula is C22H27N3O3S. The van der Waals surface area contributed by atoms with Crippen molar-refractivity contribution in [1.82, 2.24) is 5.32 Å². The van der Waals surface area contributed by atoms with Crippen LogP contribution in [0.2, 0.25) is 0 Å². The number of hydrogen-bond donors (Lipinski definition) is 3. The van der Waals surface area contributed by atoms with E-state index in [0.29, 0.717) is 35.2 Å². The van der Waals surface area contributed by atoms with E-state index in [1.807, 2.05) is 25.1 Å². The highest BCUT2D eigenvalue weighted by Gasteiger charge is 2.10. The fourth-order valence-corrected chi connectivity index (χ4v) is 2.71. The average molecular weight is 414 g/mol. The molecule has 6 nitrogen and oxygen atoms in total. The SMILES string of the molecule is CC(=O)Nc1cc(NC(=S)NC(=O)c2cccc(OCCC(C)C)c2)ccc1C. The van der Waals surface area contributed by atoms with E-state index < -0.39 is 0 Å². The first-order valence-corrected chi connectivity index (χ1v) is 9.89. The molecule has 0 saturated heterocycles. The lowest BCUT2D eigenvalue weighted by molar-refractivity contribution is -0.114. The molecule has 2 rings (SSSR count). The van der Waals surface area contributed by atoms with Crippen LogP contribution in [0.4, 0.5) is 11.4 Å². The minimum Gasteiger partial charge on any atom is -0.494 e. The zero-order valence-corrected chi connectivity index (χ0v) is 18.0. The van der Waals surface area contributed by atoms with Crippen LogP contribution in [0.15, 0.2) is 42.5 Å². The average Bonchev–Trinajstić information content (AvgIpc) is 2.64. The summed E-state index contributed by atoms with van der Waals surface area (Å²) in [6.45, 7) is 8.21. The summed E-state index contributed by atoms with van der Waals surface area (Å²) in [6.07, 6.45) is 0.946. The van der Waals surface area contributed by atoms with E-state index in [1.54, 1.807) is 24.3 Å². The Balaban J connectivity index is 1.97. The predicted molar refractivity (Wildman–Crippen MR) is 121 cm³/mol. The second-order valence-corrected chi connectivity index (χ2v) is 7.59. The van der Waals surface area contributed by atoms with Gasteiger partial charge in [0.15, 0.2) is 5.11 Å². The van der Waals surface area contributed by atoms with Crippen LogP contribution < -0.4 is 20.7 Å². The van der Waals surface area contributed by atoms with Gasteiger partial charge in [-0.15, -0.1) is 0 Å². The van der Waals surface area contributed by atoms with Gasteiger partial charge in [-0.25, -0.2) is 0 Å². The quantitative estimate of drug-likeness (QED) is 0.582. The molecule has 29 heavy (non-hydrogen) atoms. The van der Waals surface area contributed by atoms with Gasteiger partial charge in [-0.3, -0.25) is 14.9 Å². The molecule has 2 aromatic carbocycles. The largest absolute Gasteiger partial charge is 0.494 e. The maximum Gasteiger partial charge on any atom is 0.257 e. The minimum atomic E-state index is -0.328. The molecule has 7 heteroatoms. The van der Waals surface area contributed by atoms with E-state index in [9.17, 15) is 9.59 Å². The van der Waals surface area contributed by atoms with Crippen molar-refractivity contribution < 1.29 is 14.3 Å². The molecule has 2 aromatic rings. The topological polar surface area (TPSA) is 79.5 Å². The fraction of sp³-hybridized carbons (Fsp3) is 0.318. The Kier molecular flexibility index (Phi) is 8.15. The number of carbonyl (C=O) groups is 2. The number of hydrogen-bond acceptors (Lipinski definition) is 4. The van der Waals surface area contributed by atoms with Crippen LogP contribution >= 0.6 is 12.2 Å². The van der Waals surface area contributed by atoms with Crippen molar-refractivity contribution in [3.63, 3.8) is 0 Å². The van der Waals surface area contributed by atoms with Gasteiger partial charge < -0.3 is 15.4 Å². The highest BCUT2D eigenvalue weighted by Crippen LogP contribution is 2.20. The number of nitrogens with one attached hydrogen (secondary N) is 3.